The van der Waals surface area contributed by atoms with Crippen LogP contribution in [-0.2, 0) is 12.8 Å². The first kappa shape index (κ1) is 20.6. The van der Waals surface area contributed by atoms with Crippen molar-refractivity contribution in [1.82, 2.24) is 9.97 Å². The Labute approximate surface area is 160 Å². The minimum Gasteiger partial charge on any atom is -0.254 e. The molecule has 0 spiro atoms. The van der Waals surface area contributed by atoms with E-state index in [4.69, 9.17) is 9.97 Å². The highest BCUT2D eigenvalue weighted by Gasteiger charge is 2.18. The molecule has 0 saturated heterocycles. The summed E-state index contributed by atoms with van der Waals surface area (Å²) in [5.41, 5.74) is 7.88. The van der Waals surface area contributed by atoms with Gasteiger partial charge in [-0.3, -0.25) is 9.97 Å². The van der Waals surface area contributed by atoms with E-state index >= 15 is 0 Å². The molecule has 2 heterocycles. The molecule has 2 rings (SSSR count). The number of hydrogen-bond donors (Lipinski definition) is 0. The summed E-state index contributed by atoms with van der Waals surface area (Å²) in [4.78, 5) is 9.64. The maximum atomic E-state index is 4.82. The largest absolute Gasteiger partial charge is 0.254 e. The molecule has 0 bridgehead atoms. The van der Waals surface area contributed by atoms with Gasteiger partial charge in [0.25, 0.3) is 0 Å². The Morgan fingerprint density at radius 1 is 0.654 bits per heavy atom. The third-order valence-corrected chi connectivity index (χ3v) is 4.72. The fraction of sp³-hybridized carbons (Fsp3) is 0.583. The highest BCUT2D eigenvalue weighted by atomic mass is 14.8. The van der Waals surface area contributed by atoms with Crippen molar-refractivity contribution in [2.24, 2.45) is 10.8 Å². The molecule has 142 valence electrons. The molecule has 0 aromatic carbocycles. The third kappa shape index (κ3) is 6.23. The van der Waals surface area contributed by atoms with E-state index in [-0.39, 0.29) is 0 Å². The monoisotopic (exact) mass is 352 g/mol. The number of hydrogen-bond acceptors (Lipinski definition) is 2. The van der Waals surface area contributed by atoms with Gasteiger partial charge in [-0.15, -0.1) is 0 Å². The molecule has 0 amide bonds. The minimum absolute atomic E-state index is 0.316. The fourth-order valence-electron chi connectivity index (χ4n) is 3.09. The molecule has 0 aliphatic rings. The average molecular weight is 353 g/mol. The van der Waals surface area contributed by atoms with Crippen molar-refractivity contribution in [1.29, 1.82) is 0 Å². The van der Waals surface area contributed by atoms with E-state index in [1.807, 2.05) is 12.4 Å². The lowest BCUT2D eigenvalue weighted by atomic mass is 9.86. The highest BCUT2D eigenvalue weighted by Crippen LogP contribution is 2.31. The zero-order valence-corrected chi connectivity index (χ0v) is 18.0. The minimum atomic E-state index is 0.316. The van der Waals surface area contributed by atoms with Crippen molar-refractivity contribution in [2.75, 3.05) is 0 Å². The van der Waals surface area contributed by atoms with Gasteiger partial charge < -0.3 is 0 Å². The second kappa shape index (κ2) is 7.90. The van der Waals surface area contributed by atoms with Crippen LogP contribution in [-0.4, -0.2) is 9.97 Å². The Kier molecular flexibility index (Phi) is 6.26. The van der Waals surface area contributed by atoms with Crippen LogP contribution in [0.25, 0.3) is 11.4 Å². The second-order valence-electron chi connectivity index (χ2n) is 10.2. The van der Waals surface area contributed by atoms with Gasteiger partial charge in [0, 0.05) is 12.4 Å². The summed E-state index contributed by atoms with van der Waals surface area (Å²) in [5, 5.41) is 0. The first-order valence-corrected chi connectivity index (χ1v) is 9.86. The molecular formula is C24H36N2. The summed E-state index contributed by atoms with van der Waals surface area (Å²) in [6, 6.07) is 4.59. The third-order valence-electron chi connectivity index (χ3n) is 4.72. The Balaban J connectivity index is 2.44. The summed E-state index contributed by atoms with van der Waals surface area (Å²) in [7, 11) is 0. The second-order valence-corrected chi connectivity index (χ2v) is 10.2. The zero-order valence-electron chi connectivity index (χ0n) is 18.0. The number of nitrogens with zero attached hydrogens (tertiary/aromatic N) is 2. The van der Waals surface area contributed by atoms with Gasteiger partial charge in [0.15, 0.2) is 0 Å². The van der Waals surface area contributed by atoms with Crippen molar-refractivity contribution < 1.29 is 0 Å². The molecule has 2 nitrogen and oxygen atoms in total. The lowest BCUT2D eigenvalue weighted by Crippen LogP contribution is -2.10. The molecule has 2 heteroatoms. The molecule has 0 radical (unpaired) electrons. The van der Waals surface area contributed by atoms with Crippen LogP contribution < -0.4 is 0 Å². The van der Waals surface area contributed by atoms with Crippen molar-refractivity contribution in [3.8, 4) is 11.4 Å². The van der Waals surface area contributed by atoms with Gasteiger partial charge in [-0.1, -0.05) is 53.7 Å². The van der Waals surface area contributed by atoms with Crippen LogP contribution in [0.15, 0.2) is 24.5 Å². The molecular weight excluding hydrogens is 316 g/mol. The number of aryl methyl sites for hydroxylation is 4. The summed E-state index contributed by atoms with van der Waals surface area (Å²) < 4.78 is 0. The van der Waals surface area contributed by atoms with E-state index in [1.54, 1.807) is 0 Å². The molecule has 0 N–H and O–H groups in total. The standard InChI is InChI=1S/C24H36N2/c1-17-13-19(9-11-23(3,4)5)21(25-15-17)22-20(10-12-24(6,7)8)14-18(2)16-26-22/h13-16H,9-12H2,1-8H3. The predicted molar refractivity (Wildman–Crippen MR) is 112 cm³/mol. The molecule has 0 saturated carbocycles. The average Bonchev–Trinajstić information content (AvgIpc) is 2.50. The van der Waals surface area contributed by atoms with Gasteiger partial charge in [0.05, 0.1) is 11.4 Å². The molecule has 2 aromatic rings. The summed E-state index contributed by atoms with van der Waals surface area (Å²) in [5.74, 6) is 0. The topological polar surface area (TPSA) is 25.8 Å². The lowest BCUT2D eigenvalue weighted by molar-refractivity contribution is 0.377. The van der Waals surface area contributed by atoms with E-state index in [0.717, 1.165) is 37.1 Å². The lowest BCUT2D eigenvalue weighted by Gasteiger charge is -2.21. The van der Waals surface area contributed by atoms with Crippen molar-refractivity contribution in [2.45, 2.75) is 81.1 Å². The molecule has 0 fully saturated rings. The maximum absolute atomic E-state index is 4.82. The Morgan fingerprint density at radius 2 is 1.00 bits per heavy atom. The van der Waals surface area contributed by atoms with Gasteiger partial charge in [0.1, 0.15) is 0 Å². The van der Waals surface area contributed by atoms with Gasteiger partial charge >= 0.3 is 0 Å². The molecule has 0 aliphatic carbocycles. The predicted octanol–water partition coefficient (Wildman–Crippen LogP) is 6.72. The fourth-order valence-corrected chi connectivity index (χ4v) is 3.09. The van der Waals surface area contributed by atoms with E-state index in [9.17, 15) is 0 Å². The normalized spacial score (nSPS) is 12.5. The first-order valence-electron chi connectivity index (χ1n) is 9.86. The van der Waals surface area contributed by atoms with E-state index < -0.39 is 0 Å². The number of aromatic nitrogens is 2. The van der Waals surface area contributed by atoms with Crippen molar-refractivity contribution >= 4 is 0 Å². The molecule has 0 unspecified atom stereocenters. The van der Waals surface area contributed by atoms with Crippen molar-refractivity contribution in [3.05, 3.63) is 46.8 Å². The first-order chi connectivity index (χ1) is 11.9. The van der Waals surface area contributed by atoms with Crippen LogP contribution >= 0.6 is 0 Å². The van der Waals surface area contributed by atoms with Crippen LogP contribution in [0, 0.1) is 24.7 Å². The molecule has 0 atom stereocenters. The van der Waals surface area contributed by atoms with Crippen LogP contribution in [0.1, 0.15) is 76.6 Å². The highest BCUT2D eigenvalue weighted by molar-refractivity contribution is 5.63. The quantitative estimate of drug-likeness (QED) is 0.597. The van der Waals surface area contributed by atoms with E-state index in [0.29, 0.717) is 10.8 Å². The van der Waals surface area contributed by atoms with Crippen LogP contribution in [0.3, 0.4) is 0 Å². The van der Waals surface area contributed by atoms with Gasteiger partial charge in [-0.25, -0.2) is 0 Å². The number of pyridine rings is 2. The summed E-state index contributed by atoms with van der Waals surface area (Å²) >= 11 is 0. The molecule has 26 heavy (non-hydrogen) atoms. The summed E-state index contributed by atoms with van der Waals surface area (Å²) in [6.07, 6.45) is 8.34. The van der Waals surface area contributed by atoms with Crippen LogP contribution in [0.5, 0.6) is 0 Å². The molecule has 2 aromatic heterocycles. The van der Waals surface area contributed by atoms with Crippen molar-refractivity contribution in [3.63, 3.8) is 0 Å². The van der Waals surface area contributed by atoms with E-state index in [2.05, 4.69) is 67.5 Å². The zero-order chi connectivity index (χ0) is 19.5. The summed E-state index contributed by atoms with van der Waals surface area (Å²) in [6.45, 7) is 18.1. The maximum Gasteiger partial charge on any atom is 0.0921 e. The Bertz CT molecular complexity index is 680. The van der Waals surface area contributed by atoms with Crippen LogP contribution in [0.4, 0.5) is 0 Å². The van der Waals surface area contributed by atoms with Crippen LogP contribution in [0.2, 0.25) is 0 Å². The van der Waals surface area contributed by atoms with Gasteiger partial charge in [-0.05, 0) is 72.6 Å². The Morgan fingerprint density at radius 3 is 1.31 bits per heavy atom. The smallest absolute Gasteiger partial charge is 0.0921 e. The Hall–Kier alpha value is -1.70. The number of rotatable bonds is 5. The van der Waals surface area contributed by atoms with Gasteiger partial charge in [-0.2, -0.15) is 0 Å². The molecule has 0 aliphatic heterocycles. The SMILES string of the molecule is Cc1cnc(-c2ncc(C)cc2CCC(C)(C)C)c(CCC(C)(C)C)c1. The van der Waals surface area contributed by atoms with Gasteiger partial charge in [0.2, 0.25) is 0 Å². The van der Waals surface area contributed by atoms with E-state index in [1.165, 1.54) is 22.3 Å².